The van der Waals surface area contributed by atoms with Crippen molar-refractivity contribution in [2.24, 2.45) is 0 Å². The van der Waals surface area contributed by atoms with Crippen molar-refractivity contribution in [3.8, 4) is 0 Å². The standard InChI is InChI=1S/C4H6N2.C3H6O2.C3H4O2.2CH2O2.4H3N/c1-4-2-5-3-6-4;2*1-3(5)2-4;2*2-1-3;;;;/h2-3H,1H3,(H,5,6);4H,2H2,1H3;2H,1H3;2*1H,(H,2,3);4*1H3. The van der Waals surface area contributed by atoms with Crippen LogP contribution >= 0.6 is 0 Å². The van der Waals surface area contributed by atoms with Crippen molar-refractivity contribution in [3.63, 3.8) is 0 Å². The number of carboxylic acid groups (broad SMARTS) is 2. The van der Waals surface area contributed by atoms with Crippen LogP contribution in [-0.2, 0) is 24.0 Å². The molecule has 1 aromatic heterocycles. The summed E-state index contributed by atoms with van der Waals surface area (Å²) in [4.78, 5) is 51.5. The largest absolute Gasteiger partial charge is 0.483 e. The molecule has 14 heteroatoms. The molecule has 16 N–H and O–H groups in total. The molecule has 0 aliphatic carbocycles. The van der Waals surface area contributed by atoms with Crippen LogP contribution in [0.25, 0.3) is 0 Å². The maximum atomic E-state index is 9.56. The molecule has 0 aromatic carbocycles. The smallest absolute Gasteiger partial charge is 0.290 e. The van der Waals surface area contributed by atoms with Gasteiger partial charge in [0.1, 0.15) is 6.61 Å². The van der Waals surface area contributed by atoms with Crippen LogP contribution in [0.15, 0.2) is 12.5 Å². The Morgan fingerprint density at radius 3 is 1.35 bits per heavy atom. The lowest BCUT2D eigenvalue weighted by Gasteiger charge is -1.72. The third-order valence-electron chi connectivity index (χ3n) is 1.02. The summed E-state index contributed by atoms with van der Waals surface area (Å²) in [6.45, 7) is 3.68. The lowest BCUT2D eigenvalue weighted by molar-refractivity contribution is -0.128. The van der Waals surface area contributed by atoms with E-state index in [0.717, 1.165) is 5.69 Å². The highest BCUT2D eigenvalue weighted by Gasteiger charge is 1.78. The Morgan fingerprint density at radius 1 is 1.04 bits per heavy atom. The third kappa shape index (κ3) is 132. The maximum absolute atomic E-state index is 9.56. The Bertz CT molecular complexity index is 394. The highest BCUT2D eigenvalue weighted by atomic mass is 16.3. The summed E-state index contributed by atoms with van der Waals surface area (Å²) in [5.74, 6) is -0.616. The summed E-state index contributed by atoms with van der Waals surface area (Å²) >= 11 is 0. The molecule has 0 radical (unpaired) electrons. The number of carbonyl (C=O) groups excluding carboxylic acids is 3. The molecular formula is C12H32N6O8. The van der Waals surface area contributed by atoms with Crippen LogP contribution in [0.1, 0.15) is 19.5 Å². The van der Waals surface area contributed by atoms with E-state index in [1.165, 1.54) is 13.8 Å². The molecule has 0 spiro atoms. The van der Waals surface area contributed by atoms with Crippen LogP contribution in [0.4, 0.5) is 0 Å². The van der Waals surface area contributed by atoms with Gasteiger partial charge in [-0.3, -0.25) is 24.0 Å². The van der Waals surface area contributed by atoms with Crippen LogP contribution in [0.2, 0.25) is 0 Å². The summed E-state index contributed by atoms with van der Waals surface area (Å²) in [7, 11) is 0. The van der Waals surface area contributed by atoms with E-state index in [-0.39, 0.29) is 56.2 Å². The molecule has 158 valence electrons. The topological polar surface area (TPSA) is 315 Å². The van der Waals surface area contributed by atoms with Crippen molar-refractivity contribution in [1.29, 1.82) is 0 Å². The van der Waals surface area contributed by atoms with E-state index < -0.39 is 5.78 Å². The predicted molar refractivity (Wildman–Crippen MR) is 95.3 cm³/mol. The SMILES string of the molecule is CC(=O)C=O.CC(=O)CO.Cc1cnc[nH]1.N.N.N.N.O=CO.O=CO. The first-order chi connectivity index (χ1) is 10.3. The van der Waals surface area contributed by atoms with Gasteiger partial charge in [0.2, 0.25) is 0 Å². The molecule has 14 nitrogen and oxygen atoms in total. The maximum Gasteiger partial charge on any atom is 0.290 e. The van der Waals surface area contributed by atoms with E-state index in [2.05, 4.69) is 9.97 Å². The van der Waals surface area contributed by atoms with E-state index in [1.54, 1.807) is 12.5 Å². The van der Waals surface area contributed by atoms with Crippen LogP contribution in [0.5, 0.6) is 0 Å². The normalized spacial score (nSPS) is 5.69. The van der Waals surface area contributed by atoms with E-state index >= 15 is 0 Å². The van der Waals surface area contributed by atoms with Crippen molar-refractivity contribution in [2.75, 3.05) is 6.61 Å². The average molecular weight is 388 g/mol. The van der Waals surface area contributed by atoms with Gasteiger partial charge in [-0.15, -0.1) is 0 Å². The first kappa shape index (κ1) is 49.5. The van der Waals surface area contributed by atoms with E-state index in [4.69, 9.17) is 29.7 Å². The minimum Gasteiger partial charge on any atom is -0.483 e. The fourth-order valence-corrected chi connectivity index (χ4v) is 0.325. The zero-order chi connectivity index (χ0) is 18.4. The summed E-state index contributed by atoms with van der Waals surface area (Å²) in [6.07, 6.45) is 3.72. The minimum atomic E-state index is -0.426. The van der Waals surface area contributed by atoms with E-state index in [9.17, 15) is 9.59 Å². The molecule has 0 amide bonds. The van der Waals surface area contributed by atoms with Crippen LogP contribution in [0.3, 0.4) is 0 Å². The fraction of sp³-hybridized carbons (Fsp3) is 0.333. The quantitative estimate of drug-likeness (QED) is 0.246. The monoisotopic (exact) mass is 388 g/mol. The zero-order valence-corrected chi connectivity index (χ0v) is 15.3. The second-order valence-electron chi connectivity index (χ2n) is 3.03. The molecule has 0 fully saturated rings. The number of aromatic amines is 1. The Hall–Kier alpha value is -3.04. The summed E-state index contributed by atoms with van der Waals surface area (Å²) in [5.41, 5.74) is 1.11. The number of nitrogens with one attached hydrogen (secondary N) is 1. The Kier molecular flexibility index (Phi) is 94.2. The number of aromatic nitrogens is 2. The second kappa shape index (κ2) is 49.5. The minimum absolute atomic E-state index is 0. The molecule has 0 saturated heterocycles. The van der Waals surface area contributed by atoms with Gasteiger partial charge >= 0.3 is 0 Å². The van der Waals surface area contributed by atoms with Crippen molar-refractivity contribution in [3.05, 3.63) is 18.2 Å². The Labute approximate surface area is 151 Å². The highest BCUT2D eigenvalue weighted by molar-refractivity contribution is 6.23. The van der Waals surface area contributed by atoms with Gasteiger partial charge in [0.15, 0.2) is 17.9 Å². The van der Waals surface area contributed by atoms with E-state index in [0.29, 0.717) is 0 Å². The number of H-pyrrole nitrogens is 1. The van der Waals surface area contributed by atoms with Crippen LogP contribution in [-0.4, -0.2) is 62.7 Å². The number of aliphatic hydroxyl groups excluding tert-OH is 1. The van der Waals surface area contributed by atoms with Gasteiger partial charge in [0.25, 0.3) is 12.9 Å². The number of imidazole rings is 1. The molecule has 1 heterocycles. The fourth-order valence-electron chi connectivity index (χ4n) is 0.325. The first-order valence-electron chi connectivity index (χ1n) is 5.43. The van der Waals surface area contributed by atoms with Gasteiger partial charge in [0, 0.05) is 18.8 Å². The number of nitrogens with zero attached hydrogens (tertiary/aromatic N) is 1. The molecule has 0 aliphatic heterocycles. The number of aliphatic hydroxyl groups is 1. The summed E-state index contributed by atoms with van der Waals surface area (Å²) < 4.78 is 0. The molecule has 1 rings (SSSR count). The van der Waals surface area contributed by atoms with Crippen molar-refractivity contribution >= 4 is 30.8 Å². The summed E-state index contributed by atoms with van der Waals surface area (Å²) in [6, 6.07) is 0. The number of ketones is 2. The van der Waals surface area contributed by atoms with Crippen LogP contribution < -0.4 is 24.6 Å². The third-order valence-corrected chi connectivity index (χ3v) is 1.02. The lowest BCUT2D eigenvalue weighted by atomic mass is 10.5. The second-order valence-corrected chi connectivity index (χ2v) is 3.03. The molecule has 0 aliphatic rings. The zero-order valence-electron chi connectivity index (χ0n) is 15.3. The molecular weight excluding hydrogens is 356 g/mol. The Balaban J connectivity index is -0.0000000256. The highest BCUT2D eigenvalue weighted by Crippen LogP contribution is 1.81. The lowest BCUT2D eigenvalue weighted by Crippen LogP contribution is -1.93. The summed E-state index contributed by atoms with van der Waals surface area (Å²) in [5, 5.41) is 21.6. The first-order valence-corrected chi connectivity index (χ1v) is 5.43. The number of rotatable bonds is 2. The molecule has 0 unspecified atom stereocenters. The van der Waals surface area contributed by atoms with Crippen molar-refractivity contribution in [2.45, 2.75) is 20.8 Å². The number of carbonyl (C=O) groups is 5. The van der Waals surface area contributed by atoms with E-state index in [1.807, 2.05) is 6.92 Å². The van der Waals surface area contributed by atoms with Gasteiger partial charge in [-0.1, -0.05) is 0 Å². The van der Waals surface area contributed by atoms with Gasteiger partial charge < -0.3 is 44.9 Å². The number of hydrogen-bond acceptors (Lipinski definition) is 11. The number of aldehydes is 1. The number of Topliss-reactive ketones (excluding diaryl/α,β-unsaturated/α-hetero) is 2. The van der Waals surface area contributed by atoms with Gasteiger partial charge in [0.05, 0.1) is 6.33 Å². The van der Waals surface area contributed by atoms with Gasteiger partial charge in [-0.05, 0) is 13.8 Å². The Morgan fingerprint density at radius 2 is 1.31 bits per heavy atom. The molecule has 1 aromatic rings. The van der Waals surface area contributed by atoms with Gasteiger partial charge in [-0.25, -0.2) is 4.98 Å². The predicted octanol–water partition coefficient (Wildman–Crippen LogP) is 0.110. The average Bonchev–Trinajstić information content (AvgIpc) is 2.93. The molecule has 0 bridgehead atoms. The van der Waals surface area contributed by atoms with Gasteiger partial charge in [-0.2, -0.15) is 0 Å². The number of aryl methyl sites for hydroxylation is 1. The van der Waals surface area contributed by atoms with Crippen molar-refractivity contribution in [1.82, 2.24) is 34.6 Å². The number of hydrogen-bond donors (Lipinski definition) is 8. The molecule has 0 saturated carbocycles. The molecule has 26 heavy (non-hydrogen) atoms. The van der Waals surface area contributed by atoms with Crippen molar-refractivity contribution < 1.29 is 39.3 Å². The van der Waals surface area contributed by atoms with Crippen LogP contribution in [0, 0.1) is 6.92 Å². The molecule has 0 atom stereocenters.